The van der Waals surface area contributed by atoms with Crippen molar-refractivity contribution < 1.29 is 17.9 Å². The summed E-state index contributed by atoms with van der Waals surface area (Å²) in [6.45, 7) is 1.60. The molecule has 7 nitrogen and oxygen atoms in total. The molecule has 8 heteroatoms. The summed E-state index contributed by atoms with van der Waals surface area (Å²) in [5.41, 5.74) is 1.05. The van der Waals surface area contributed by atoms with E-state index in [1.807, 2.05) is 0 Å². The lowest BCUT2D eigenvalue weighted by Gasteiger charge is -2.22. The van der Waals surface area contributed by atoms with Gasteiger partial charge in [-0.2, -0.15) is 0 Å². The van der Waals surface area contributed by atoms with E-state index in [2.05, 4.69) is 15.4 Å². The SMILES string of the molecule is CS(=O)(=O)Nc1ccc(NC(=O)C2COCCN2)cc1. The van der Waals surface area contributed by atoms with Crippen LogP contribution < -0.4 is 15.4 Å². The average Bonchev–Trinajstić information content (AvgIpc) is 2.40. The molecule has 1 saturated heterocycles. The number of sulfonamides is 1. The zero-order valence-electron chi connectivity index (χ0n) is 11.0. The highest BCUT2D eigenvalue weighted by Gasteiger charge is 2.20. The first kappa shape index (κ1) is 14.8. The Morgan fingerprint density at radius 1 is 1.30 bits per heavy atom. The van der Waals surface area contributed by atoms with Gasteiger partial charge in [-0.25, -0.2) is 8.42 Å². The molecule has 1 unspecified atom stereocenters. The Morgan fingerprint density at radius 2 is 1.95 bits per heavy atom. The predicted octanol–water partition coefficient (Wildman–Crippen LogP) is -0.0150. The lowest BCUT2D eigenvalue weighted by molar-refractivity contribution is -0.120. The fourth-order valence-corrected chi connectivity index (χ4v) is 2.36. The summed E-state index contributed by atoms with van der Waals surface area (Å²) in [5.74, 6) is -0.173. The summed E-state index contributed by atoms with van der Waals surface area (Å²) in [4.78, 5) is 11.9. The normalized spacial score (nSPS) is 19.4. The van der Waals surface area contributed by atoms with Crippen molar-refractivity contribution in [2.75, 3.05) is 36.1 Å². The maximum absolute atomic E-state index is 11.9. The molecule has 3 N–H and O–H groups in total. The molecule has 0 aromatic heterocycles. The van der Waals surface area contributed by atoms with Crippen molar-refractivity contribution in [1.29, 1.82) is 0 Å². The van der Waals surface area contributed by atoms with Crippen molar-refractivity contribution in [3.8, 4) is 0 Å². The van der Waals surface area contributed by atoms with Crippen molar-refractivity contribution >= 4 is 27.3 Å². The van der Waals surface area contributed by atoms with Gasteiger partial charge in [-0.15, -0.1) is 0 Å². The number of anilines is 2. The molecule has 1 aliphatic rings. The fourth-order valence-electron chi connectivity index (χ4n) is 1.80. The van der Waals surface area contributed by atoms with Gasteiger partial charge in [0.25, 0.3) is 0 Å². The van der Waals surface area contributed by atoms with Crippen LogP contribution in [0.5, 0.6) is 0 Å². The monoisotopic (exact) mass is 299 g/mol. The molecule has 20 heavy (non-hydrogen) atoms. The van der Waals surface area contributed by atoms with E-state index in [4.69, 9.17) is 4.74 Å². The summed E-state index contributed by atoms with van der Waals surface area (Å²) in [5, 5.41) is 5.80. The number of rotatable bonds is 4. The summed E-state index contributed by atoms with van der Waals surface area (Å²) in [6.07, 6.45) is 1.08. The van der Waals surface area contributed by atoms with Crippen LogP contribution in [0.25, 0.3) is 0 Å². The highest BCUT2D eigenvalue weighted by atomic mass is 32.2. The molecule has 1 aliphatic heterocycles. The summed E-state index contributed by atoms with van der Waals surface area (Å²) < 4.78 is 29.7. The van der Waals surface area contributed by atoms with Gasteiger partial charge in [0.2, 0.25) is 15.9 Å². The second-order valence-corrected chi connectivity index (χ2v) is 6.27. The molecule has 0 spiro atoms. The maximum Gasteiger partial charge on any atom is 0.243 e. The molecule has 0 bridgehead atoms. The zero-order valence-corrected chi connectivity index (χ0v) is 11.9. The van der Waals surface area contributed by atoms with Crippen LogP contribution in [0.3, 0.4) is 0 Å². The topological polar surface area (TPSA) is 96.5 Å². The fraction of sp³-hybridized carbons (Fsp3) is 0.417. The molecule has 1 aromatic carbocycles. The molecule has 1 amide bonds. The quantitative estimate of drug-likeness (QED) is 0.726. The van der Waals surface area contributed by atoms with Gasteiger partial charge in [0, 0.05) is 17.9 Å². The number of hydrogen-bond acceptors (Lipinski definition) is 5. The van der Waals surface area contributed by atoms with E-state index < -0.39 is 10.0 Å². The van der Waals surface area contributed by atoms with Crippen LogP contribution in [0.1, 0.15) is 0 Å². The second-order valence-electron chi connectivity index (χ2n) is 4.52. The molecule has 2 rings (SSSR count). The van der Waals surface area contributed by atoms with Crippen LogP contribution in [-0.4, -0.2) is 46.4 Å². The summed E-state index contributed by atoms with van der Waals surface area (Å²) >= 11 is 0. The second kappa shape index (κ2) is 6.21. The van der Waals surface area contributed by atoms with E-state index in [0.717, 1.165) is 6.26 Å². The van der Waals surface area contributed by atoms with E-state index in [1.54, 1.807) is 24.3 Å². The first-order chi connectivity index (χ1) is 9.44. The van der Waals surface area contributed by atoms with Gasteiger partial charge in [0.05, 0.1) is 19.5 Å². The van der Waals surface area contributed by atoms with E-state index in [9.17, 15) is 13.2 Å². The van der Waals surface area contributed by atoms with Crippen LogP contribution in [0.2, 0.25) is 0 Å². The van der Waals surface area contributed by atoms with E-state index in [-0.39, 0.29) is 11.9 Å². The first-order valence-corrected chi connectivity index (χ1v) is 8.03. The summed E-state index contributed by atoms with van der Waals surface area (Å²) in [7, 11) is -3.29. The number of hydrogen-bond donors (Lipinski definition) is 3. The van der Waals surface area contributed by atoms with Gasteiger partial charge in [0.15, 0.2) is 0 Å². The largest absolute Gasteiger partial charge is 0.378 e. The van der Waals surface area contributed by atoms with E-state index in [1.165, 1.54) is 0 Å². The third-order valence-corrected chi connectivity index (χ3v) is 3.30. The third kappa shape index (κ3) is 4.48. The predicted molar refractivity (Wildman–Crippen MR) is 76.1 cm³/mol. The molecular weight excluding hydrogens is 282 g/mol. The number of benzene rings is 1. The minimum absolute atomic E-state index is 0.173. The van der Waals surface area contributed by atoms with Crippen LogP contribution >= 0.6 is 0 Å². The van der Waals surface area contributed by atoms with Gasteiger partial charge in [0.1, 0.15) is 6.04 Å². The highest BCUT2D eigenvalue weighted by Crippen LogP contribution is 2.14. The number of carbonyl (C=O) groups is 1. The van der Waals surface area contributed by atoms with Crippen molar-refractivity contribution in [1.82, 2.24) is 5.32 Å². The van der Waals surface area contributed by atoms with Crippen LogP contribution in [-0.2, 0) is 19.6 Å². The van der Waals surface area contributed by atoms with Crippen molar-refractivity contribution in [3.05, 3.63) is 24.3 Å². The van der Waals surface area contributed by atoms with Gasteiger partial charge in [-0.05, 0) is 24.3 Å². The average molecular weight is 299 g/mol. The van der Waals surface area contributed by atoms with Crippen LogP contribution in [0.4, 0.5) is 11.4 Å². The molecule has 1 aromatic rings. The molecule has 0 aliphatic carbocycles. The molecule has 0 radical (unpaired) electrons. The molecule has 1 atom stereocenters. The number of morpholine rings is 1. The lowest BCUT2D eigenvalue weighted by atomic mass is 10.2. The smallest absolute Gasteiger partial charge is 0.243 e. The standard InChI is InChI=1S/C12H17N3O4S/c1-20(17,18)15-10-4-2-9(3-5-10)14-12(16)11-8-19-7-6-13-11/h2-5,11,13,15H,6-8H2,1H3,(H,14,16). The lowest BCUT2D eigenvalue weighted by Crippen LogP contribution is -2.48. The Bertz CT molecular complexity index is 565. The number of ether oxygens (including phenoxy) is 1. The Hall–Kier alpha value is -1.64. The Kier molecular flexibility index (Phi) is 4.58. The Balaban J connectivity index is 1.94. The van der Waals surface area contributed by atoms with Gasteiger partial charge >= 0.3 is 0 Å². The van der Waals surface area contributed by atoms with E-state index >= 15 is 0 Å². The summed E-state index contributed by atoms with van der Waals surface area (Å²) in [6, 6.07) is 6.07. The van der Waals surface area contributed by atoms with Gasteiger partial charge < -0.3 is 15.4 Å². The maximum atomic E-state index is 11.9. The minimum Gasteiger partial charge on any atom is -0.378 e. The molecule has 110 valence electrons. The number of carbonyl (C=O) groups excluding carboxylic acids is 1. The zero-order chi connectivity index (χ0) is 14.6. The van der Waals surface area contributed by atoms with Gasteiger partial charge in [-0.1, -0.05) is 0 Å². The molecular formula is C12H17N3O4S. The number of nitrogens with one attached hydrogen (secondary N) is 3. The third-order valence-electron chi connectivity index (χ3n) is 2.69. The van der Waals surface area contributed by atoms with Crippen LogP contribution in [0, 0.1) is 0 Å². The first-order valence-electron chi connectivity index (χ1n) is 6.14. The van der Waals surface area contributed by atoms with Crippen LogP contribution in [0.15, 0.2) is 24.3 Å². The van der Waals surface area contributed by atoms with Crippen molar-refractivity contribution in [3.63, 3.8) is 0 Å². The van der Waals surface area contributed by atoms with E-state index in [0.29, 0.717) is 31.1 Å². The molecule has 1 fully saturated rings. The number of amides is 1. The Morgan fingerprint density at radius 3 is 2.50 bits per heavy atom. The molecule has 1 heterocycles. The molecule has 0 saturated carbocycles. The van der Waals surface area contributed by atoms with Gasteiger partial charge in [-0.3, -0.25) is 9.52 Å². The highest BCUT2D eigenvalue weighted by molar-refractivity contribution is 7.92. The Labute approximate surface area is 117 Å². The van der Waals surface area contributed by atoms with Crippen molar-refractivity contribution in [2.45, 2.75) is 6.04 Å². The minimum atomic E-state index is -3.29. The van der Waals surface area contributed by atoms with Crippen molar-refractivity contribution in [2.24, 2.45) is 0 Å².